The van der Waals surface area contributed by atoms with Gasteiger partial charge in [-0.15, -0.1) is 0 Å². The molecule has 0 aliphatic heterocycles. The molecule has 3 rings (SSSR count). The maximum atomic E-state index is 13.7. The Bertz CT molecular complexity index is 1030. The van der Waals surface area contributed by atoms with Crippen LogP contribution >= 0.6 is 7.92 Å². The van der Waals surface area contributed by atoms with Crippen molar-refractivity contribution in [3.05, 3.63) is 99.1 Å². The molecule has 2 nitrogen and oxygen atoms in total. The van der Waals surface area contributed by atoms with E-state index in [1.807, 2.05) is 96.1 Å². The molecule has 148 valence electrons. The second-order valence-corrected chi connectivity index (χ2v) is 9.64. The second-order valence-electron chi connectivity index (χ2n) is 7.64. The first-order valence-corrected chi connectivity index (χ1v) is 11.2. The highest BCUT2D eigenvalue weighted by Crippen LogP contribution is 2.44. The Labute approximate surface area is 174 Å². The second kappa shape index (κ2) is 8.43. The highest BCUT2D eigenvalue weighted by atomic mass is 31.1. The third-order valence-corrected chi connectivity index (χ3v) is 8.11. The van der Waals surface area contributed by atoms with Crippen LogP contribution in [0.2, 0.25) is 0 Å². The van der Waals surface area contributed by atoms with E-state index in [9.17, 15) is 9.59 Å². The van der Waals surface area contributed by atoms with Crippen molar-refractivity contribution in [1.29, 1.82) is 0 Å². The van der Waals surface area contributed by atoms with Crippen molar-refractivity contribution in [2.75, 3.05) is 0 Å². The van der Waals surface area contributed by atoms with Crippen LogP contribution in [0.1, 0.15) is 54.1 Å². The molecule has 0 unspecified atom stereocenters. The summed E-state index contributed by atoms with van der Waals surface area (Å²) in [5, 5.41) is 0.799. The number of rotatable bonds is 5. The molecule has 0 amide bonds. The van der Waals surface area contributed by atoms with Gasteiger partial charge in [0.2, 0.25) is 0 Å². The standard InChI is InChI=1S/C26H27O2P/c1-16-12-14-23(20(5)18(16)3)25(27)29(22-10-8-7-9-11-22)26(28)24-15-13-17(2)19(4)21(24)6/h7-15H,1-6H3. The van der Waals surface area contributed by atoms with E-state index in [4.69, 9.17) is 0 Å². The minimum Gasteiger partial charge on any atom is -0.288 e. The van der Waals surface area contributed by atoms with E-state index >= 15 is 0 Å². The number of benzene rings is 3. The molecular formula is C26H27O2P. The van der Waals surface area contributed by atoms with E-state index in [2.05, 4.69) is 0 Å². The highest BCUT2D eigenvalue weighted by molar-refractivity contribution is 7.96. The molecule has 0 radical (unpaired) electrons. The van der Waals surface area contributed by atoms with E-state index in [1.165, 1.54) is 0 Å². The molecule has 3 aromatic rings. The molecule has 0 aromatic heterocycles. The minimum atomic E-state index is -1.68. The Kier molecular flexibility index (Phi) is 6.15. The zero-order valence-electron chi connectivity index (χ0n) is 18.0. The van der Waals surface area contributed by atoms with Crippen molar-refractivity contribution >= 4 is 24.3 Å². The Morgan fingerprint density at radius 2 is 0.966 bits per heavy atom. The summed E-state index contributed by atoms with van der Waals surface area (Å²) < 4.78 is 0. The fraction of sp³-hybridized carbons (Fsp3) is 0.231. The summed E-state index contributed by atoms with van der Waals surface area (Å²) in [7, 11) is -1.68. The molecule has 0 heterocycles. The van der Waals surface area contributed by atoms with Crippen molar-refractivity contribution in [1.82, 2.24) is 0 Å². The zero-order valence-corrected chi connectivity index (χ0v) is 18.9. The van der Waals surface area contributed by atoms with Gasteiger partial charge in [-0.25, -0.2) is 0 Å². The van der Waals surface area contributed by atoms with Gasteiger partial charge in [-0.05, 0) is 80.2 Å². The van der Waals surface area contributed by atoms with Gasteiger partial charge in [-0.1, -0.05) is 54.6 Å². The Morgan fingerprint density at radius 3 is 1.38 bits per heavy atom. The summed E-state index contributed by atoms with van der Waals surface area (Å²) in [5.74, 6) is 0. The third-order valence-electron chi connectivity index (χ3n) is 6.00. The highest BCUT2D eigenvalue weighted by Gasteiger charge is 2.32. The Balaban J connectivity index is 2.17. The number of aryl methyl sites for hydroxylation is 2. The van der Waals surface area contributed by atoms with Crippen LogP contribution in [0.4, 0.5) is 0 Å². The van der Waals surface area contributed by atoms with Gasteiger partial charge in [-0.2, -0.15) is 0 Å². The molecule has 29 heavy (non-hydrogen) atoms. The van der Waals surface area contributed by atoms with Crippen LogP contribution in [-0.4, -0.2) is 11.0 Å². The largest absolute Gasteiger partial charge is 0.288 e. The molecule has 0 saturated carbocycles. The number of carbonyl (C=O) groups excluding carboxylic acids is 2. The smallest absolute Gasteiger partial charge is 0.196 e. The molecule has 0 N–H and O–H groups in total. The lowest BCUT2D eigenvalue weighted by Crippen LogP contribution is -2.18. The van der Waals surface area contributed by atoms with Crippen LogP contribution in [0, 0.1) is 41.5 Å². The quantitative estimate of drug-likeness (QED) is 0.468. The van der Waals surface area contributed by atoms with Crippen LogP contribution in [-0.2, 0) is 0 Å². The van der Waals surface area contributed by atoms with Gasteiger partial charge < -0.3 is 0 Å². The summed E-state index contributed by atoms with van der Waals surface area (Å²) in [5.41, 5.74) is 7.59. The lowest BCUT2D eigenvalue weighted by molar-refractivity contribution is 0.105. The van der Waals surface area contributed by atoms with Gasteiger partial charge in [0.15, 0.2) is 11.0 Å². The van der Waals surface area contributed by atoms with Crippen LogP contribution in [0.15, 0.2) is 54.6 Å². The van der Waals surface area contributed by atoms with Gasteiger partial charge in [0.05, 0.1) is 7.92 Å². The van der Waals surface area contributed by atoms with Gasteiger partial charge in [0, 0.05) is 11.1 Å². The van der Waals surface area contributed by atoms with Gasteiger partial charge in [-0.3, -0.25) is 9.59 Å². The number of hydrogen-bond donors (Lipinski definition) is 0. The molecular weight excluding hydrogens is 375 g/mol. The maximum Gasteiger partial charge on any atom is 0.196 e. The molecule has 0 aliphatic rings. The summed E-state index contributed by atoms with van der Waals surface area (Å²) in [4.78, 5) is 27.4. The zero-order chi connectivity index (χ0) is 21.3. The van der Waals surface area contributed by atoms with E-state index in [0.717, 1.165) is 38.7 Å². The first-order valence-electron chi connectivity index (χ1n) is 9.81. The van der Waals surface area contributed by atoms with Gasteiger partial charge in [0.25, 0.3) is 0 Å². The molecule has 0 bridgehead atoms. The first-order chi connectivity index (χ1) is 13.7. The normalized spacial score (nSPS) is 11.0. The van der Waals surface area contributed by atoms with Crippen molar-refractivity contribution in [2.45, 2.75) is 41.5 Å². The third kappa shape index (κ3) is 3.95. The van der Waals surface area contributed by atoms with E-state index in [-0.39, 0.29) is 11.0 Å². The number of hydrogen-bond acceptors (Lipinski definition) is 2. The van der Waals surface area contributed by atoms with Gasteiger partial charge in [0.1, 0.15) is 0 Å². The van der Waals surface area contributed by atoms with Crippen molar-refractivity contribution in [3.63, 3.8) is 0 Å². The minimum absolute atomic E-state index is 0.0746. The van der Waals surface area contributed by atoms with Crippen molar-refractivity contribution in [3.8, 4) is 0 Å². The average molecular weight is 402 g/mol. The van der Waals surface area contributed by atoms with Crippen LogP contribution in [0.25, 0.3) is 0 Å². The fourth-order valence-electron chi connectivity index (χ4n) is 3.52. The molecule has 0 aliphatic carbocycles. The van der Waals surface area contributed by atoms with Crippen molar-refractivity contribution < 1.29 is 9.59 Å². The Morgan fingerprint density at radius 1 is 0.552 bits per heavy atom. The topological polar surface area (TPSA) is 34.1 Å². The predicted molar refractivity (Wildman–Crippen MR) is 123 cm³/mol. The molecule has 0 saturated heterocycles. The molecule has 0 fully saturated rings. The average Bonchev–Trinajstić information content (AvgIpc) is 2.71. The van der Waals surface area contributed by atoms with Crippen molar-refractivity contribution in [2.24, 2.45) is 0 Å². The molecule has 0 spiro atoms. The van der Waals surface area contributed by atoms with E-state index in [1.54, 1.807) is 0 Å². The predicted octanol–water partition coefficient (Wildman–Crippen LogP) is 6.33. The van der Waals surface area contributed by atoms with Crippen LogP contribution in [0.5, 0.6) is 0 Å². The lowest BCUT2D eigenvalue weighted by Gasteiger charge is -2.20. The van der Waals surface area contributed by atoms with Crippen LogP contribution in [0.3, 0.4) is 0 Å². The Hall–Kier alpha value is -2.57. The van der Waals surface area contributed by atoms with Crippen LogP contribution < -0.4 is 5.30 Å². The maximum absolute atomic E-state index is 13.7. The van der Waals surface area contributed by atoms with E-state index in [0.29, 0.717) is 11.1 Å². The monoisotopic (exact) mass is 402 g/mol. The number of carbonyl (C=O) groups is 2. The SMILES string of the molecule is Cc1ccc(C(=O)P(C(=O)c2ccc(C)c(C)c2C)c2ccccc2)c(C)c1C. The fourth-order valence-corrected chi connectivity index (χ4v) is 5.61. The summed E-state index contributed by atoms with van der Waals surface area (Å²) in [6.45, 7) is 12.1. The first kappa shape index (κ1) is 21.1. The lowest BCUT2D eigenvalue weighted by atomic mass is 9.99. The molecule has 3 aromatic carbocycles. The summed E-state index contributed by atoms with van der Waals surface area (Å²) >= 11 is 0. The summed E-state index contributed by atoms with van der Waals surface area (Å²) in [6, 6.07) is 17.2. The summed E-state index contributed by atoms with van der Waals surface area (Å²) in [6.07, 6.45) is 0. The molecule has 0 atom stereocenters. The molecule has 3 heteroatoms. The van der Waals surface area contributed by atoms with Gasteiger partial charge >= 0.3 is 0 Å². The van der Waals surface area contributed by atoms with E-state index < -0.39 is 7.92 Å².